The molecule has 0 spiro atoms. The van der Waals surface area contributed by atoms with Crippen molar-refractivity contribution in [3.05, 3.63) is 65.0 Å². The summed E-state index contributed by atoms with van der Waals surface area (Å²) in [7, 11) is 5.05. The molecule has 1 aliphatic heterocycles. The van der Waals surface area contributed by atoms with Gasteiger partial charge in [0.2, 0.25) is 0 Å². The molecule has 0 N–H and O–H groups in total. The van der Waals surface area contributed by atoms with Gasteiger partial charge in [0.15, 0.2) is 11.5 Å². The molecule has 0 fully saturated rings. The van der Waals surface area contributed by atoms with Gasteiger partial charge in [-0.25, -0.2) is 0 Å². The highest BCUT2D eigenvalue weighted by molar-refractivity contribution is 5.85. The Hall–Kier alpha value is -2.88. The first-order valence-corrected chi connectivity index (χ1v) is 9.19. The monoisotopic (exact) mass is 365 g/mol. The molecule has 0 unspecified atom stereocenters. The molecule has 0 atom stereocenters. The van der Waals surface area contributed by atoms with Crippen LogP contribution in [0.2, 0.25) is 0 Å². The third-order valence-corrected chi connectivity index (χ3v) is 4.70. The Bertz CT molecular complexity index is 877. The summed E-state index contributed by atoms with van der Waals surface area (Å²) in [6.45, 7) is 4.25. The van der Waals surface area contributed by atoms with Crippen LogP contribution in [0, 0.1) is 6.92 Å². The smallest absolute Gasteiger partial charge is 0.161 e. The van der Waals surface area contributed by atoms with Gasteiger partial charge in [-0.2, -0.15) is 0 Å². The summed E-state index contributed by atoms with van der Waals surface area (Å²) >= 11 is 0. The Kier molecular flexibility index (Phi) is 5.75. The maximum absolute atomic E-state index is 5.55. The minimum Gasteiger partial charge on any atom is -0.496 e. The van der Waals surface area contributed by atoms with Crippen LogP contribution in [0.25, 0.3) is 11.8 Å². The van der Waals surface area contributed by atoms with Crippen molar-refractivity contribution < 1.29 is 14.2 Å². The van der Waals surface area contributed by atoms with Gasteiger partial charge in [-0.1, -0.05) is 19.4 Å². The van der Waals surface area contributed by atoms with Crippen LogP contribution in [-0.2, 0) is 6.42 Å². The van der Waals surface area contributed by atoms with Crippen LogP contribution in [-0.4, -0.2) is 26.2 Å². The minimum atomic E-state index is 0.742. The molecule has 3 rings (SSSR count). The molecule has 4 nitrogen and oxygen atoms in total. The lowest BCUT2D eigenvalue weighted by atomic mass is 9.97. The van der Waals surface area contributed by atoms with E-state index < -0.39 is 0 Å². The van der Waals surface area contributed by atoms with E-state index in [1.807, 2.05) is 6.07 Å². The van der Waals surface area contributed by atoms with Gasteiger partial charge >= 0.3 is 0 Å². The van der Waals surface area contributed by atoms with Gasteiger partial charge in [0.05, 0.1) is 27.0 Å². The van der Waals surface area contributed by atoms with Gasteiger partial charge in [-0.05, 0) is 60.4 Å². The van der Waals surface area contributed by atoms with Crippen molar-refractivity contribution in [2.45, 2.75) is 26.7 Å². The molecule has 0 amide bonds. The Balaban J connectivity index is 2.10. The molecule has 1 heterocycles. The second kappa shape index (κ2) is 8.21. The predicted octanol–water partition coefficient (Wildman–Crippen LogP) is 5.26. The van der Waals surface area contributed by atoms with E-state index in [1.165, 1.54) is 5.56 Å². The number of hydrogen-bond acceptors (Lipinski definition) is 4. The number of rotatable bonds is 8. The van der Waals surface area contributed by atoms with Gasteiger partial charge in [-0.3, -0.25) is 0 Å². The molecule has 2 aromatic carbocycles. The highest BCUT2D eigenvalue weighted by Crippen LogP contribution is 2.38. The molecule has 4 heteroatoms. The van der Waals surface area contributed by atoms with Crippen LogP contribution < -0.4 is 14.2 Å². The number of benzene rings is 2. The average Bonchev–Trinajstić information content (AvgIpc) is 3.51. The molecule has 27 heavy (non-hydrogen) atoms. The third kappa shape index (κ3) is 4.11. The fourth-order valence-corrected chi connectivity index (χ4v) is 3.27. The second-order valence-corrected chi connectivity index (χ2v) is 6.58. The van der Waals surface area contributed by atoms with Crippen molar-refractivity contribution in [3.8, 4) is 17.2 Å². The first kappa shape index (κ1) is 18.9. The van der Waals surface area contributed by atoms with E-state index in [0.29, 0.717) is 0 Å². The van der Waals surface area contributed by atoms with E-state index in [9.17, 15) is 0 Å². The quantitative estimate of drug-likeness (QED) is 0.597. The van der Waals surface area contributed by atoms with E-state index in [0.717, 1.165) is 52.5 Å². The molecule has 0 saturated heterocycles. The highest BCUT2D eigenvalue weighted by atomic mass is 16.5. The summed E-state index contributed by atoms with van der Waals surface area (Å²) in [6.07, 6.45) is 8.36. The fraction of sp³-hybridized carbons (Fsp3) is 0.304. The largest absolute Gasteiger partial charge is 0.496 e. The molecular weight excluding hydrogens is 338 g/mol. The van der Waals surface area contributed by atoms with Gasteiger partial charge in [0.1, 0.15) is 5.75 Å². The van der Waals surface area contributed by atoms with Crippen LogP contribution >= 0.6 is 0 Å². The lowest BCUT2D eigenvalue weighted by Gasteiger charge is -2.18. The zero-order valence-corrected chi connectivity index (χ0v) is 16.7. The summed E-state index contributed by atoms with van der Waals surface area (Å²) in [5.41, 5.74) is 5.79. The van der Waals surface area contributed by atoms with Gasteiger partial charge in [0, 0.05) is 18.0 Å². The summed E-state index contributed by atoms with van der Waals surface area (Å²) in [6, 6.07) is 10.4. The number of aryl methyl sites for hydroxylation is 2. The van der Waals surface area contributed by atoms with Gasteiger partial charge in [-0.15, -0.1) is 0 Å². The molecule has 0 radical (unpaired) electrons. The standard InChI is InChI=1S/C23H27NO3/c1-6-7-18-14-22(26-4)23(27-5)15-19(18)20(24-10-11-24)13-17-8-9-21(25-3)16(2)12-17/h8-15H,6-7H2,1-5H3/b20-13-. The van der Waals surface area contributed by atoms with Crippen molar-refractivity contribution in [2.24, 2.45) is 0 Å². The highest BCUT2D eigenvalue weighted by Gasteiger charge is 2.20. The Morgan fingerprint density at radius 2 is 1.59 bits per heavy atom. The van der Waals surface area contributed by atoms with Crippen LogP contribution in [0.1, 0.15) is 35.6 Å². The number of nitrogens with zero attached hydrogens (tertiary/aromatic N) is 1. The first-order chi connectivity index (χ1) is 13.1. The molecule has 0 aromatic heterocycles. The van der Waals surface area contributed by atoms with Gasteiger partial charge < -0.3 is 19.1 Å². The van der Waals surface area contributed by atoms with Crippen molar-refractivity contribution in [3.63, 3.8) is 0 Å². The number of methoxy groups -OCH3 is 3. The SMILES string of the molecule is CCCc1cc(OC)c(OC)cc1/C(=C/c1ccc(OC)c(C)c1)N1C=C1. The van der Waals surface area contributed by atoms with Crippen LogP contribution in [0.15, 0.2) is 42.7 Å². The van der Waals surface area contributed by atoms with Crippen LogP contribution in [0.3, 0.4) is 0 Å². The molecule has 0 aliphatic carbocycles. The average molecular weight is 365 g/mol. The minimum absolute atomic E-state index is 0.742. The number of hydrogen-bond donors (Lipinski definition) is 0. The molecule has 142 valence electrons. The van der Waals surface area contributed by atoms with E-state index in [-0.39, 0.29) is 0 Å². The summed E-state index contributed by atoms with van der Waals surface area (Å²) < 4.78 is 16.4. The van der Waals surface area contributed by atoms with Crippen LogP contribution in [0.4, 0.5) is 0 Å². The molecule has 2 aromatic rings. The maximum Gasteiger partial charge on any atom is 0.161 e. The van der Waals surface area contributed by atoms with Crippen molar-refractivity contribution in [1.29, 1.82) is 0 Å². The van der Waals surface area contributed by atoms with E-state index in [1.54, 1.807) is 21.3 Å². The molecular formula is C23H27NO3. The number of ether oxygens (including phenoxy) is 3. The normalized spacial score (nSPS) is 12.9. The molecule has 0 saturated carbocycles. The lowest BCUT2D eigenvalue weighted by molar-refractivity contribution is 0.354. The molecule has 1 aliphatic rings. The second-order valence-electron chi connectivity index (χ2n) is 6.58. The Morgan fingerprint density at radius 3 is 2.15 bits per heavy atom. The Morgan fingerprint density at radius 1 is 0.926 bits per heavy atom. The third-order valence-electron chi connectivity index (χ3n) is 4.70. The van der Waals surface area contributed by atoms with E-state index in [2.05, 4.69) is 61.5 Å². The van der Waals surface area contributed by atoms with Crippen LogP contribution in [0.5, 0.6) is 17.2 Å². The zero-order chi connectivity index (χ0) is 19.4. The maximum atomic E-state index is 5.55. The zero-order valence-electron chi connectivity index (χ0n) is 16.7. The van der Waals surface area contributed by atoms with E-state index >= 15 is 0 Å². The predicted molar refractivity (Wildman–Crippen MR) is 110 cm³/mol. The summed E-state index contributed by atoms with van der Waals surface area (Å²) in [5, 5.41) is 0. The van der Waals surface area contributed by atoms with Crippen molar-refractivity contribution in [2.75, 3.05) is 21.3 Å². The summed E-state index contributed by atoms with van der Waals surface area (Å²) in [5.74, 6) is 2.41. The molecule has 0 bridgehead atoms. The lowest BCUT2D eigenvalue weighted by Crippen LogP contribution is -2.03. The van der Waals surface area contributed by atoms with Gasteiger partial charge in [0.25, 0.3) is 0 Å². The summed E-state index contributed by atoms with van der Waals surface area (Å²) in [4.78, 5) is 2.14. The van der Waals surface area contributed by atoms with E-state index in [4.69, 9.17) is 14.2 Å². The van der Waals surface area contributed by atoms with Crippen molar-refractivity contribution in [1.82, 2.24) is 4.90 Å². The van der Waals surface area contributed by atoms with Crippen molar-refractivity contribution >= 4 is 11.8 Å². The Labute approximate surface area is 161 Å². The topological polar surface area (TPSA) is 30.7 Å². The fourth-order valence-electron chi connectivity index (χ4n) is 3.27. The first-order valence-electron chi connectivity index (χ1n) is 9.19.